The van der Waals surface area contributed by atoms with Crippen LogP contribution < -0.4 is 17.2 Å². The van der Waals surface area contributed by atoms with Crippen molar-refractivity contribution in [2.75, 3.05) is 19.8 Å². The Kier molecular flexibility index (Phi) is 10.7. The molecule has 0 aromatic heterocycles. The normalized spacial score (nSPS) is 45.6. The van der Waals surface area contributed by atoms with E-state index in [0.29, 0.717) is 6.29 Å². The summed E-state index contributed by atoms with van der Waals surface area (Å²) in [7, 11) is 0. The summed E-state index contributed by atoms with van der Waals surface area (Å²) in [6.07, 6.45) is -17.1. The summed E-state index contributed by atoms with van der Waals surface area (Å²) >= 11 is 0. The minimum absolute atomic E-state index is 0.106. The molecular formula is C25H39N3O15. The highest BCUT2D eigenvalue weighted by molar-refractivity contribution is 5.78. The van der Waals surface area contributed by atoms with Gasteiger partial charge >= 0.3 is 0 Å². The van der Waals surface area contributed by atoms with E-state index in [4.69, 9.17) is 40.9 Å². The second-order valence-corrected chi connectivity index (χ2v) is 10.7. The number of benzene rings is 1. The highest BCUT2D eigenvalue weighted by Gasteiger charge is 2.57. The summed E-state index contributed by atoms with van der Waals surface area (Å²) in [5.74, 6) is -0.355. The zero-order valence-corrected chi connectivity index (χ0v) is 22.7. The number of carbonyl (C=O) groups excluding carboxylic acids is 1. The van der Waals surface area contributed by atoms with Gasteiger partial charge in [-0.3, -0.25) is 4.79 Å². The van der Waals surface area contributed by atoms with E-state index in [9.17, 15) is 50.8 Å². The number of hydrogen-bond acceptors (Lipinski definition) is 18. The zero-order valence-electron chi connectivity index (χ0n) is 22.7. The molecular weight excluding hydrogens is 582 g/mol. The second-order valence-electron chi connectivity index (χ2n) is 10.7. The van der Waals surface area contributed by atoms with Crippen LogP contribution in [0.3, 0.4) is 0 Å². The van der Waals surface area contributed by atoms with Crippen molar-refractivity contribution in [3.8, 4) is 5.75 Å². The standard InChI is InChI=1S/C25H39N3O15/c26-13-16(34)19(11(5-30)39-22(13)38)41-23-14(27)17(35)20(12(6-31)40-23)42-24-15(28)18(36)21(37)25(7-32,43-24)10-3-9(33)2-1-8(10)4-29/h1-4,11-24,30-38H,5-7,26-28H2/t11-,12-,13-,14-,15-,16-,17-,18-,19?,20?,21+,22-,23+,24+,25+/m1/s1. The number of ether oxygens (including phenoxy) is 5. The van der Waals surface area contributed by atoms with Crippen molar-refractivity contribution in [3.63, 3.8) is 0 Å². The Bertz CT molecular complexity index is 1100. The highest BCUT2D eigenvalue weighted by atomic mass is 16.7. The Morgan fingerprint density at radius 1 is 0.814 bits per heavy atom. The monoisotopic (exact) mass is 621 g/mol. The van der Waals surface area contributed by atoms with Gasteiger partial charge in [0.25, 0.3) is 0 Å². The maximum Gasteiger partial charge on any atom is 0.177 e. The van der Waals surface area contributed by atoms with Gasteiger partial charge in [0.2, 0.25) is 0 Å². The molecule has 0 amide bonds. The van der Waals surface area contributed by atoms with Gasteiger partial charge in [0, 0.05) is 11.1 Å². The maximum absolute atomic E-state index is 11.7. The predicted molar refractivity (Wildman–Crippen MR) is 139 cm³/mol. The zero-order chi connectivity index (χ0) is 31.8. The molecule has 15 N–H and O–H groups in total. The summed E-state index contributed by atoms with van der Waals surface area (Å²) in [6, 6.07) is -0.867. The first-order valence-corrected chi connectivity index (χ1v) is 13.4. The molecule has 0 aliphatic carbocycles. The minimum atomic E-state index is -2.25. The maximum atomic E-state index is 11.7. The number of aliphatic hydroxyl groups is 8. The number of phenolic OH excluding ortho intramolecular Hbond substituents is 1. The Morgan fingerprint density at radius 3 is 1.95 bits per heavy atom. The average Bonchev–Trinajstić information content (AvgIpc) is 3.00. The summed E-state index contributed by atoms with van der Waals surface area (Å²) in [6.45, 7) is -2.53. The highest BCUT2D eigenvalue weighted by Crippen LogP contribution is 2.41. The van der Waals surface area contributed by atoms with Gasteiger partial charge in [0.15, 0.2) is 18.9 Å². The lowest BCUT2D eigenvalue weighted by molar-refractivity contribution is -0.363. The molecule has 0 radical (unpaired) electrons. The first-order valence-electron chi connectivity index (χ1n) is 13.4. The third kappa shape index (κ3) is 6.16. The van der Waals surface area contributed by atoms with Crippen LogP contribution in [0.2, 0.25) is 0 Å². The lowest BCUT2D eigenvalue weighted by atomic mass is 9.79. The molecule has 1 aromatic carbocycles. The first kappa shape index (κ1) is 33.9. The topological polar surface area (TPSA) is 323 Å². The van der Waals surface area contributed by atoms with Crippen molar-refractivity contribution < 1.29 is 74.4 Å². The van der Waals surface area contributed by atoms with Crippen molar-refractivity contribution in [2.24, 2.45) is 17.2 Å². The molecule has 3 fully saturated rings. The molecule has 0 spiro atoms. The predicted octanol–water partition coefficient (Wildman–Crippen LogP) is -6.63. The quantitative estimate of drug-likeness (QED) is 0.114. The Morgan fingerprint density at radius 2 is 1.37 bits per heavy atom. The van der Waals surface area contributed by atoms with E-state index in [1.165, 1.54) is 12.1 Å². The van der Waals surface area contributed by atoms with Crippen molar-refractivity contribution in [1.82, 2.24) is 0 Å². The summed E-state index contributed by atoms with van der Waals surface area (Å²) in [5, 5.41) is 93.4. The van der Waals surface area contributed by atoms with Crippen molar-refractivity contribution in [3.05, 3.63) is 29.3 Å². The molecule has 4 rings (SSSR count). The van der Waals surface area contributed by atoms with E-state index in [2.05, 4.69) is 0 Å². The Balaban J connectivity index is 1.58. The molecule has 43 heavy (non-hydrogen) atoms. The third-order valence-corrected chi connectivity index (χ3v) is 8.09. The molecule has 0 bridgehead atoms. The second kappa shape index (κ2) is 13.6. The van der Waals surface area contributed by atoms with E-state index >= 15 is 0 Å². The van der Waals surface area contributed by atoms with Crippen LogP contribution in [0.25, 0.3) is 0 Å². The lowest BCUT2D eigenvalue weighted by Crippen LogP contribution is -2.70. The number of aldehydes is 1. The van der Waals surface area contributed by atoms with Gasteiger partial charge in [-0.2, -0.15) is 0 Å². The number of carbonyl (C=O) groups is 1. The summed E-state index contributed by atoms with van der Waals surface area (Å²) < 4.78 is 28.3. The van der Waals surface area contributed by atoms with Crippen molar-refractivity contribution in [2.45, 2.75) is 91.4 Å². The molecule has 15 atom stereocenters. The van der Waals surface area contributed by atoms with Crippen LogP contribution in [0, 0.1) is 0 Å². The van der Waals surface area contributed by atoms with Crippen molar-refractivity contribution in [1.29, 1.82) is 0 Å². The fourth-order valence-corrected chi connectivity index (χ4v) is 5.53. The SMILES string of the molecule is N[C@H]1[C@@H](OC2[C@@H](CO)O[C@@H](OC3[C@@H](CO)O[C@@H](O)[C@H](N)[C@H]3O)[C@H](N)[C@H]2O)O[C@@](CO)(c2cc(O)ccc2C=O)[C@@H](O)[C@@H]1O. The molecule has 18 heteroatoms. The number of rotatable bonds is 9. The number of aromatic hydroxyl groups is 1. The van der Waals surface area contributed by atoms with Crippen LogP contribution in [0.15, 0.2) is 18.2 Å². The van der Waals surface area contributed by atoms with Crippen LogP contribution in [-0.4, -0.2) is 158 Å². The fourth-order valence-electron chi connectivity index (χ4n) is 5.53. The average molecular weight is 622 g/mol. The Hall–Kier alpha value is -1.95. The van der Waals surface area contributed by atoms with Crippen LogP contribution in [0.5, 0.6) is 5.75 Å². The van der Waals surface area contributed by atoms with Gasteiger partial charge in [0.05, 0.1) is 37.9 Å². The molecule has 3 aliphatic heterocycles. The Labute approximate surface area is 244 Å². The van der Waals surface area contributed by atoms with Crippen LogP contribution >= 0.6 is 0 Å². The largest absolute Gasteiger partial charge is 0.508 e. The molecule has 0 saturated carbocycles. The molecule has 2 unspecified atom stereocenters. The molecule has 3 saturated heterocycles. The third-order valence-electron chi connectivity index (χ3n) is 8.09. The molecule has 18 nitrogen and oxygen atoms in total. The smallest absolute Gasteiger partial charge is 0.177 e. The minimum Gasteiger partial charge on any atom is -0.508 e. The van der Waals surface area contributed by atoms with E-state index < -0.39 is 111 Å². The lowest BCUT2D eigenvalue weighted by Gasteiger charge is -2.51. The van der Waals surface area contributed by atoms with Gasteiger partial charge in [0.1, 0.15) is 66.5 Å². The molecule has 3 heterocycles. The van der Waals surface area contributed by atoms with Gasteiger partial charge in [-0.25, -0.2) is 0 Å². The summed E-state index contributed by atoms with van der Waals surface area (Å²) in [4.78, 5) is 11.7. The fraction of sp³-hybridized carbons (Fsp3) is 0.720. The number of nitrogens with two attached hydrogens (primary N) is 3. The van der Waals surface area contributed by atoms with Gasteiger partial charge in [-0.05, 0) is 18.2 Å². The molecule has 1 aromatic rings. The number of hydrogen-bond donors (Lipinski definition) is 12. The van der Waals surface area contributed by atoms with E-state index in [1.807, 2.05) is 0 Å². The van der Waals surface area contributed by atoms with Gasteiger partial charge in [-0.1, -0.05) is 0 Å². The molecule has 244 valence electrons. The van der Waals surface area contributed by atoms with Gasteiger partial charge in [-0.15, -0.1) is 0 Å². The van der Waals surface area contributed by atoms with Crippen LogP contribution in [-0.2, 0) is 29.3 Å². The van der Waals surface area contributed by atoms with Crippen LogP contribution in [0.4, 0.5) is 0 Å². The first-order chi connectivity index (χ1) is 20.3. The van der Waals surface area contributed by atoms with Crippen LogP contribution in [0.1, 0.15) is 15.9 Å². The number of phenols is 1. The van der Waals surface area contributed by atoms with E-state index in [0.717, 1.165) is 6.07 Å². The number of aliphatic hydroxyl groups excluding tert-OH is 8. The van der Waals surface area contributed by atoms with E-state index in [1.54, 1.807) is 0 Å². The van der Waals surface area contributed by atoms with Crippen molar-refractivity contribution >= 4 is 6.29 Å². The molecule has 3 aliphatic rings. The van der Waals surface area contributed by atoms with Gasteiger partial charge < -0.3 is 86.8 Å². The summed E-state index contributed by atoms with van der Waals surface area (Å²) in [5.41, 5.74) is 15.4. The van der Waals surface area contributed by atoms with E-state index in [-0.39, 0.29) is 16.9 Å².